The molecule has 0 atom stereocenters. The van der Waals surface area contributed by atoms with E-state index >= 15 is 0 Å². The van der Waals surface area contributed by atoms with Crippen molar-refractivity contribution in [3.05, 3.63) is 70.5 Å². The SMILES string of the molecule is O=C1CSc2ccccc2N1Cc1cn(Cc2ccc(Br)cc2)nn1. The molecule has 1 aromatic heterocycles. The zero-order valence-corrected chi connectivity index (χ0v) is 15.7. The van der Waals surface area contributed by atoms with E-state index in [4.69, 9.17) is 0 Å². The van der Waals surface area contributed by atoms with E-state index in [9.17, 15) is 4.79 Å². The normalized spacial score (nSPS) is 13.8. The van der Waals surface area contributed by atoms with Gasteiger partial charge >= 0.3 is 0 Å². The number of amides is 1. The van der Waals surface area contributed by atoms with Crippen LogP contribution in [-0.2, 0) is 17.9 Å². The Labute approximate surface area is 158 Å². The third kappa shape index (κ3) is 3.62. The molecule has 25 heavy (non-hydrogen) atoms. The Kier molecular flexibility index (Phi) is 4.59. The number of thioether (sulfide) groups is 1. The summed E-state index contributed by atoms with van der Waals surface area (Å²) in [5.41, 5.74) is 2.88. The van der Waals surface area contributed by atoms with Gasteiger partial charge in [-0.2, -0.15) is 0 Å². The third-order valence-corrected chi connectivity index (χ3v) is 5.55. The highest BCUT2D eigenvalue weighted by Crippen LogP contribution is 2.35. The van der Waals surface area contributed by atoms with Crippen LogP contribution in [0.15, 0.2) is 64.1 Å². The molecule has 7 heteroatoms. The summed E-state index contributed by atoms with van der Waals surface area (Å²) in [6.45, 7) is 1.09. The molecule has 0 N–H and O–H groups in total. The molecule has 2 heterocycles. The fourth-order valence-electron chi connectivity index (χ4n) is 2.75. The molecule has 0 fully saturated rings. The van der Waals surface area contributed by atoms with Crippen LogP contribution in [0.1, 0.15) is 11.3 Å². The second kappa shape index (κ2) is 7.01. The Morgan fingerprint density at radius 2 is 1.88 bits per heavy atom. The fraction of sp³-hybridized carbons (Fsp3) is 0.167. The number of aromatic nitrogens is 3. The van der Waals surface area contributed by atoms with Gasteiger partial charge in [0.05, 0.1) is 30.7 Å². The van der Waals surface area contributed by atoms with Crippen molar-refractivity contribution in [2.45, 2.75) is 18.0 Å². The van der Waals surface area contributed by atoms with E-state index in [1.165, 1.54) is 0 Å². The van der Waals surface area contributed by atoms with Crippen molar-refractivity contribution in [1.82, 2.24) is 15.0 Å². The molecule has 3 aromatic rings. The van der Waals surface area contributed by atoms with E-state index in [-0.39, 0.29) is 5.91 Å². The van der Waals surface area contributed by atoms with Crippen molar-refractivity contribution < 1.29 is 4.79 Å². The Bertz CT molecular complexity index is 909. The van der Waals surface area contributed by atoms with E-state index in [0.717, 1.165) is 26.3 Å². The van der Waals surface area contributed by atoms with Gasteiger partial charge in [0.15, 0.2) is 0 Å². The smallest absolute Gasteiger partial charge is 0.237 e. The van der Waals surface area contributed by atoms with Crippen LogP contribution in [0.25, 0.3) is 0 Å². The van der Waals surface area contributed by atoms with Gasteiger partial charge in [-0.15, -0.1) is 16.9 Å². The monoisotopic (exact) mass is 414 g/mol. The van der Waals surface area contributed by atoms with Crippen LogP contribution >= 0.6 is 27.7 Å². The second-order valence-electron chi connectivity index (χ2n) is 5.77. The largest absolute Gasteiger partial charge is 0.304 e. The molecule has 0 bridgehead atoms. The number of nitrogens with zero attached hydrogens (tertiary/aromatic N) is 4. The maximum absolute atomic E-state index is 12.3. The quantitative estimate of drug-likeness (QED) is 0.652. The number of halogens is 1. The van der Waals surface area contributed by atoms with Gasteiger partial charge in [0.1, 0.15) is 5.69 Å². The molecule has 5 nitrogen and oxygen atoms in total. The summed E-state index contributed by atoms with van der Waals surface area (Å²) in [5.74, 6) is 0.565. The van der Waals surface area contributed by atoms with E-state index in [2.05, 4.69) is 26.2 Å². The minimum absolute atomic E-state index is 0.103. The lowest BCUT2D eigenvalue weighted by Gasteiger charge is -2.28. The highest BCUT2D eigenvalue weighted by Gasteiger charge is 2.25. The van der Waals surface area contributed by atoms with Gasteiger partial charge in [-0.1, -0.05) is 45.4 Å². The lowest BCUT2D eigenvalue weighted by molar-refractivity contribution is -0.116. The zero-order valence-electron chi connectivity index (χ0n) is 13.3. The van der Waals surface area contributed by atoms with E-state index < -0.39 is 0 Å². The number of carbonyl (C=O) groups is 1. The molecule has 0 unspecified atom stereocenters. The number of hydrogen-bond acceptors (Lipinski definition) is 4. The molecule has 2 aromatic carbocycles. The minimum Gasteiger partial charge on any atom is -0.304 e. The van der Waals surface area contributed by atoms with Gasteiger partial charge in [-0.25, -0.2) is 4.68 Å². The van der Waals surface area contributed by atoms with E-state index in [1.807, 2.05) is 54.7 Å². The highest BCUT2D eigenvalue weighted by molar-refractivity contribution is 9.10. The fourth-order valence-corrected chi connectivity index (χ4v) is 3.95. The van der Waals surface area contributed by atoms with Crippen LogP contribution in [0.5, 0.6) is 0 Å². The molecular formula is C18H15BrN4OS. The number of rotatable bonds is 4. The lowest BCUT2D eigenvalue weighted by atomic mass is 10.2. The molecule has 1 aliphatic heterocycles. The molecule has 1 amide bonds. The van der Waals surface area contributed by atoms with Crippen LogP contribution < -0.4 is 4.90 Å². The molecule has 4 rings (SSSR count). The van der Waals surface area contributed by atoms with Crippen LogP contribution in [0, 0.1) is 0 Å². The first-order valence-corrected chi connectivity index (χ1v) is 9.62. The third-order valence-electron chi connectivity index (χ3n) is 3.97. The Balaban J connectivity index is 1.51. The zero-order chi connectivity index (χ0) is 17.2. The first-order chi connectivity index (χ1) is 12.2. The lowest BCUT2D eigenvalue weighted by Crippen LogP contribution is -2.34. The maximum Gasteiger partial charge on any atom is 0.237 e. The van der Waals surface area contributed by atoms with Crippen LogP contribution in [0.3, 0.4) is 0 Å². The molecular weight excluding hydrogens is 400 g/mol. The molecule has 126 valence electrons. The van der Waals surface area contributed by atoms with Crippen molar-refractivity contribution >= 4 is 39.3 Å². The van der Waals surface area contributed by atoms with Crippen molar-refractivity contribution in [1.29, 1.82) is 0 Å². The number of carbonyl (C=O) groups excluding carboxylic acids is 1. The molecule has 0 radical (unpaired) electrons. The van der Waals surface area contributed by atoms with Gasteiger partial charge in [0, 0.05) is 9.37 Å². The summed E-state index contributed by atoms with van der Waals surface area (Å²) in [6.07, 6.45) is 1.90. The number of hydrogen-bond donors (Lipinski definition) is 0. The van der Waals surface area contributed by atoms with Crippen molar-refractivity contribution in [3.8, 4) is 0 Å². The molecule has 0 saturated carbocycles. The number of benzene rings is 2. The van der Waals surface area contributed by atoms with Gasteiger partial charge in [0.2, 0.25) is 5.91 Å². The summed E-state index contributed by atoms with van der Waals surface area (Å²) >= 11 is 5.02. The highest BCUT2D eigenvalue weighted by atomic mass is 79.9. The topological polar surface area (TPSA) is 51.0 Å². The van der Waals surface area contributed by atoms with Crippen LogP contribution in [0.2, 0.25) is 0 Å². The van der Waals surface area contributed by atoms with Crippen molar-refractivity contribution in [2.75, 3.05) is 10.7 Å². The molecule has 0 aliphatic carbocycles. The molecule has 1 aliphatic rings. The Hall–Kier alpha value is -2.12. The predicted octanol–water partition coefficient (Wildman–Crippen LogP) is 3.73. The summed E-state index contributed by atoms with van der Waals surface area (Å²) in [5, 5.41) is 8.43. The Morgan fingerprint density at radius 3 is 2.72 bits per heavy atom. The van der Waals surface area contributed by atoms with Crippen LogP contribution in [-0.4, -0.2) is 26.7 Å². The average molecular weight is 415 g/mol. The van der Waals surface area contributed by atoms with Crippen molar-refractivity contribution in [2.24, 2.45) is 0 Å². The van der Waals surface area contributed by atoms with Gasteiger partial charge in [-0.3, -0.25) is 4.79 Å². The standard InChI is InChI=1S/C18H15BrN4OS/c19-14-7-5-13(6-8-14)9-22-10-15(20-21-22)11-23-16-3-1-2-4-17(16)25-12-18(23)24/h1-8,10H,9,11-12H2. The predicted molar refractivity (Wildman–Crippen MR) is 102 cm³/mol. The second-order valence-corrected chi connectivity index (χ2v) is 7.70. The van der Waals surface area contributed by atoms with E-state index in [1.54, 1.807) is 21.3 Å². The molecule has 0 spiro atoms. The van der Waals surface area contributed by atoms with Gasteiger partial charge < -0.3 is 4.90 Å². The van der Waals surface area contributed by atoms with Crippen molar-refractivity contribution in [3.63, 3.8) is 0 Å². The minimum atomic E-state index is 0.103. The summed E-state index contributed by atoms with van der Waals surface area (Å²) in [7, 11) is 0. The molecule has 0 saturated heterocycles. The number of para-hydroxylation sites is 1. The Morgan fingerprint density at radius 1 is 1.08 bits per heavy atom. The number of fused-ring (bicyclic) bond motifs is 1. The number of anilines is 1. The van der Waals surface area contributed by atoms with Gasteiger partial charge in [0.25, 0.3) is 0 Å². The summed E-state index contributed by atoms with van der Waals surface area (Å²) in [6, 6.07) is 16.1. The summed E-state index contributed by atoms with van der Waals surface area (Å²) < 4.78 is 2.85. The first kappa shape index (κ1) is 16.4. The average Bonchev–Trinajstić information content (AvgIpc) is 3.07. The summed E-state index contributed by atoms with van der Waals surface area (Å²) in [4.78, 5) is 15.3. The van der Waals surface area contributed by atoms with E-state index in [0.29, 0.717) is 18.8 Å². The maximum atomic E-state index is 12.3. The van der Waals surface area contributed by atoms with Gasteiger partial charge in [-0.05, 0) is 29.8 Å². The van der Waals surface area contributed by atoms with Crippen LogP contribution in [0.4, 0.5) is 5.69 Å². The first-order valence-electron chi connectivity index (χ1n) is 7.85.